The normalized spacial score (nSPS) is 17.4. The van der Waals surface area contributed by atoms with Crippen molar-refractivity contribution in [2.45, 2.75) is 24.2 Å². The molecule has 1 N–H and O–H groups in total. The Morgan fingerprint density at radius 2 is 1.82 bits per heavy atom. The molecule has 2 amide bonds. The third kappa shape index (κ3) is 5.21. The van der Waals surface area contributed by atoms with E-state index in [1.54, 1.807) is 12.1 Å². The van der Waals surface area contributed by atoms with Gasteiger partial charge in [-0.25, -0.2) is 0 Å². The molecule has 0 saturated carbocycles. The fraction of sp³-hybridized carbons (Fsp3) is 0.214. The third-order valence-corrected chi connectivity index (χ3v) is 7.67. The molecule has 2 aliphatic heterocycles. The number of amides is 2. The van der Waals surface area contributed by atoms with E-state index in [1.807, 2.05) is 47.4 Å². The number of benzene rings is 3. The van der Waals surface area contributed by atoms with Crippen LogP contribution in [-0.2, 0) is 11.2 Å². The Morgan fingerprint density at radius 1 is 1.03 bits per heavy atom. The molecule has 0 radical (unpaired) electrons. The molecule has 1 fully saturated rings. The molecule has 172 valence electrons. The summed E-state index contributed by atoms with van der Waals surface area (Å²) in [5.74, 6) is 0.458. The predicted molar refractivity (Wildman–Crippen MR) is 139 cm³/mol. The van der Waals surface area contributed by atoms with Crippen molar-refractivity contribution in [3.63, 3.8) is 0 Å². The highest BCUT2D eigenvalue weighted by Crippen LogP contribution is 2.39. The van der Waals surface area contributed by atoms with Crippen LogP contribution in [0.2, 0.25) is 5.02 Å². The van der Waals surface area contributed by atoms with Gasteiger partial charge in [0, 0.05) is 28.6 Å². The summed E-state index contributed by atoms with van der Waals surface area (Å²) in [7, 11) is 0. The number of anilines is 1. The number of fused-ring (bicyclic) bond motifs is 1. The number of nitrogens with one attached hydrogen (secondary N) is 1. The lowest BCUT2D eigenvalue weighted by Gasteiger charge is -2.32. The molecular formula is C28H25ClN2O2S. The SMILES string of the molecule is O=C1Nc2cc(C(=O)N3CCC(Cc4ccccc4)CC3)ccc2SC1=Cc1cccc(Cl)c1. The first-order valence-corrected chi connectivity index (χ1v) is 12.7. The van der Waals surface area contributed by atoms with Crippen LogP contribution in [0.3, 0.4) is 0 Å². The first-order chi connectivity index (χ1) is 16.5. The Kier molecular flexibility index (Phi) is 6.75. The van der Waals surface area contributed by atoms with Crippen molar-refractivity contribution in [1.29, 1.82) is 0 Å². The van der Waals surface area contributed by atoms with Crippen molar-refractivity contribution in [3.8, 4) is 0 Å². The van der Waals surface area contributed by atoms with Crippen molar-refractivity contribution in [1.82, 2.24) is 4.90 Å². The Balaban J connectivity index is 1.24. The van der Waals surface area contributed by atoms with Crippen molar-refractivity contribution >= 4 is 46.9 Å². The lowest BCUT2D eigenvalue weighted by atomic mass is 9.90. The molecular weight excluding hydrogens is 464 g/mol. The maximum absolute atomic E-state index is 13.2. The zero-order chi connectivity index (χ0) is 23.5. The zero-order valence-electron chi connectivity index (χ0n) is 18.7. The van der Waals surface area contributed by atoms with E-state index in [-0.39, 0.29) is 11.8 Å². The highest BCUT2D eigenvalue weighted by atomic mass is 35.5. The Bertz CT molecular complexity index is 1250. The van der Waals surface area contributed by atoms with Gasteiger partial charge in [0.2, 0.25) is 0 Å². The molecule has 0 bridgehead atoms. The molecule has 5 rings (SSSR count). The number of likely N-dealkylation sites (tertiary alicyclic amines) is 1. The Hall–Kier alpha value is -3.02. The second-order valence-corrected chi connectivity index (χ2v) is 10.3. The molecule has 6 heteroatoms. The second kappa shape index (κ2) is 10.1. The van der Waals surface area contributed by atoms with Gasteiger partial charge in [0.1, 0.15) is 0 Å². The topological polar surface area (TPSA) is 49.4 Å². The van der Waals surface area contributed by atoms with Gasteiger partial charge in [0.25, 0.3) is 11.8 Å². The van der Waals surface area contributed by atoms with E-state index in [0.29, 0.717) is 27.1 Å². The average Bonchev–Trinajstić information content (AvgIpc) is 2.85. The summed E-state index contributed by atoms with van der Waals surface area (Å²) >= 11 is 7.47. The van der Waals surface area contributed by atoms with Crippen molar-refractivity contribution < 1.29 is 9.59 Å². The summed E-state index contributed by atoms with van der Waals surface area (Å²) in [6, 6.07) is 23.5. The van der Waals surface area contributed by atoms with E-state index in [0.717, 1.165) is 42.8 Å². The molecule has 0 unspecified atom stereocenters. The van der Waals surface area contributed by atoms with Crippen LogP contribution in [0.15, 0.2) is 82.6 Å². The van der Waals surface area contributed by atoms with Crippen LogP contribution in [0.4, 0.5) is 5.69 Å². The van der Waals surface area contributed by atoms with Gasteiger partial charge >= 0.3 is 0 Å². The summed E-state index contributed by atoms with van der Waals surface area (Å²) in [6.45, 7) is 1.53. The van der Waals surface area contributed by atoms with Crippen LogP contribution < -0.4 is 5.32 Å². The fourth-order valence-corrected chi connectivity index (χ4v) is 5.64. The standard InChI is InChI=1S/C28H25ClN2O2S/c29-23-8-4-7-21(16-23)17-26-27(32)30-24-18-22(9-10-25(24)34-26)28(33)31-13-11-20(12-14-31)15-19-5-2-1-3-6-19/h1-10,16-18,20H,11-15H2,(H,30,32). The summed E-state index contributed by atoms with van der Waals surface area (Å²) in [5.41, 5.74) is 3.53. The molecule has 3 aromatic carbocycles. The number of halogens is 1. The van der Waals surface area contributed by atoms with Gasteiger partial charge in [-0.05, 0) is 72.7 Å². The molecule has 0 atom stereocenters. The number of piperidine rings is 1. The minimum Gasteiger partial charge on any atom is -0.339 e. The van der Waals surface area contributed by atoms with Crippen molar-refractivity contribution in [3.05, 3.63) is 99.4 Å². The number of nitrogens with zero attached hydrogens (tertiary/aromatic N) is 1. The monoisotopic (exact) mass is 488 g/mol. The van der Waals surface area contributed by atoms with Crippen LogP contribution in [0, 0.1) is 5.92 Å². The molecule has 4 nitrogen and oxygen atoms in total. The Morgan fingerprint density at radius 3 is 2.59 bits per heavy atom. The van der Waals surface area contributed by atoms with E-state index in [2.05, 4.69) is 29.6 Å². The molecule has 2 aliphatic rings. The quantitative estimate of drug-likeness (QED) is 0.425. The van der Waals surface area contributed by atoms with E-state index in [1.165, 1.54) is 17.3 Å². The predicted octanol–water partition coefficient (Wildman–Crippen LogP) is 6.52. The summed E-state index contributed by atoms with van der Waals surface area (Å²) in [5, 5.41) is 3.57. The van der Waals surface area contributed by atoms with Crippen LogP contribution in [-0.4, -0.2) is 29.8 Å². The number of carbonyl (C=O) groups is 2. The van der Waals surface area contributed by atoms with Crippen molar-refractivity contribution in [2.24, 2.45) is 5.92 Å². The number of hydrogen-bond donors (Lipinski definition) is 1. The zero-order valence-corrected chi connectivity index (χ0v) is 20.2. The first-order valence-electron chi connectivity index (χ1n) is 11.5. The van der Waals surface area contributed by atoms with E-state index >= 15 is 0 Å². The molecule has 2 heterocycles. The first kappa shape index (κ1) is 22.8. The Labute approximate surface area is 209 Å². The maximum atomic E-state index is 13.2. The highest BCUT2D eigenvalue weighted by Gasteiger charge is 2.26. The van der Waals surface area contributed by atoms with E-state index in [4.69, 9.17) is 11.6 Å². The molecule has 1 saturated heterocycles. The minimum atomic E-state index is -0.177. The van der Waals surface area contributed by atoms with E-state index < -0.39 is 0 Å². The molecule has 0 aliphatic carbocycles. The summed E-state index contributed by atoms with van der Waals surface area (Å²) in [6.07, 6.45) is 4.91. The molecule has 0 aromatic heterocycles. The maximum Gasteiger partial charge on any atom is 0.262 e. The van der Waals surface area contributed by atoms with Gasteiger partial charge in [-0.1, -0.05) is 65.8 Å². The van der Waals surface area contributed by atoms with Crippen LogP contribution in [0.5, 0.6) is 0 Å². The van der Waals surface area contributed by atoms with E-state index in [9.17, 15) is 9.59 Å². The van der Waals surface area contributed by atoms with Gasteiger partial charge in [-0.15, -0.1) is 0 Å². The third-order valence-electron chi connectivity index (χ3n) is 6.33. The van der Waals surface area contributed by atoms with Crippen molar-refractivity contribution in [2.75, 3.05) is 18.4 Å². The number of rotatable bonds is 4. The average molecular weight is 489 g/mol. The molecule has 3 aromatic rings. The number of thioether (sulfide) groups is 1. The van der Waals surface area contributed by atoms with Gasteiger partial charge in [0.05, 0.1) is 10.6 Å². The fourth-order valence-electron chi connectivity index (χ4n) is 4.51. The molecule has 0 spiro atoms. The lowest BCUT2D eigenvalue weighted by Crippen LogP contribution is -2.39. The van der Waals surface area contributed by atoms with Gasteiger partial charge in [0.15, 0.2) is 0 Å². The lowest BCUT2D eigenvalue weighted by molar-refractivity contribution is -0.112. The minimum absolute atomic E-state index is 0.0282. The summed E-state index contributed by atoms with van der Waals surface area (Å²) < 4.78 is 0. The summed E-state index contributed by atoms with van der Waals surface area (Å²) in [4.78, 5) is 29.3. The number of hydrogen-bond acceptors (Lipinski definition) is 3. The molecule has 34 heavy (non-hydrogen) atoms. The van der Waals surface area contributed by atoms with Gasteiger partial charge in [-0.2, -0.15) is 0 Å². The van der Waals surface area contributed by atoms with Gasteiger partial charge < -0.3 is 10.2 Å². The highest BCUT2D eigenvalue weighted by molar-refractivity contribution is 8.04. The van der Waals surface area contributed by atoms with Gasteiger partial charge in [-0.3, -0.25) is 9.59 Å². The van der Waals surface area contributed by atoms with Crippen LogP contribution in [0.25, 0.3) is 6.08 Å². The second-order valence-electron chi connectivity index (χ2n) is 8.76. The van der Waals surface area contributed by atoms with Crippen LogP contribution >= 0.6 is 23.4 Å². The largest absolute Gasteiger partial charge is 0.339 e. The smallest absolute Gasteiger partial charge is 0.262 e. The number of carbonyl (C=O) groups excluding carboxylic acids is 2. The van der Waals surface area contributed by atoms with Crippen LogP contribution in [0.1, 0.15) is 34.3 Å².